The van der Waals surface area contributed by atoms with Crippen LogP contribution in [0.25, 0.3) is 10.9 Å². The van der Waals surface area contributed by atoms with Gasteiger partial charge < -0.3 is 10.3 Å². The molecule has 8 heteroatoms. The molecule has 2 rings (SSSR count). The molecule has 1 heterocycles. The molecule has 7 nitrogen and oxygen atoms in total. The van der Waals surface area contributed by atoms with E-state index in [1.54, 1.807) is 31.2 Å². The molecule has 0 spiro atoms. The van der Waals surface area contributed by atoms with Gasteiger partial charge in [-0.2, -0.15) is 9.57 Å². The number of benzene rings is 1. The Labute approximate surface area is 147 Å². The van der Waals surface area contributed by atoms with Gasteiger partial charge in [-0.1, -0.05) is 12.2 Å². The Morgan fingerprint density at radius 2 is 2.12 bits per heavy atom. The van der Waals surface area contributed by atoms with Crippen LogP contribution in [0.2, 0.25) is 0 Å². The Morgan fingerprint density at radius 3 is 2.76 bits per heavy atom. The Hall–Kier alpha value is -2.63. The molecule has 0 unspecified atom stereocenters. The third-order valence-electron chi connectivity index (χ3n) is 3.66. The number of amides is 1. The van der Waals surface area contributed by atoms with Gasteiger partial charge in [0.05, 0.1) is 12.1 Å². The minimum absolute atomic E-state index is 0.0488. The van der Waals surface area contributed by atoms with Gasteiger partial charge in [0, 0.05) is 19.0 Å². The van der Waals surface area contributed by atoms with Crippen molar-refractivity contribution < 1.29 is 13.2 Å². The molecule has 1 aromatic heterocycles. The smallest absolute Gasteiger partial charge is 0.245 e. The summed E-state index contributed by atoms with van der Waals surface area (Å²) in [6, 6.07) is 6.90. The molecule has 0 bridgehead atoms. The van der Waals surface area contributed by atoms with E-state index in [4.69, 9.17) is 5.26 Å². The molecular weight excluding hydrogens is 340 g/mol. The second-order valence-corrected chi connectivity index (χ2v) is 7.67. The molecule has 0 saturated heterocycles. The zero-order chi connectivity index (χ0) is 18.6. The normalized spacial score (nSPS) is 12.0. The summed E-state index contributed by atoms with van der Waals surface area (Å²) in [4.78, 5) is 14.8. The number of likely N-dealkylation sites (N-methyl/N-ethyl adjacent to an activating group) is 1. The fourth-order valence-corrected chi connectivity index (χ4v) is 3.80. The number of rotatable bonds is 6. The van der Waals surface area contributed by atoms with Crippen molar-refractivity contribution in [2.24, 2.45) is 0 Å². The van der Waals surface area contributed by atoms with Gasteiger partial charge in [0.1, 0.15) is 16.7 Å². The van der Waals surface area contributed by atoms with E-state index in [1.807, 2.05) is 13.0 Å². The Bertz CT molecular complexity index is 968. The van der Waals surface area contributed by atoms with Crippen LogP contribution in [0.5, 0.6) is 0 Å². The average Bonchev–Trinajstić information content (AvgIpc) is 2.96. The van der Waals surface area contributed by atoms with E-state index in [2.05, 4.69) is 10.3 Å². The Balaban J connectivity index is 2.35. The van der Waals surface area contributed by atoms with Crippen molar-refractivity contribution in [2.75, 3.05) is 20.1 Å². The molecule has 132 valence electrons. The van der Waals surface area contributed by atoms with Crippen LogP contribution in [-0.4, -0.2) is 43.8 Å². The van der Waals surface area contributed by atoms with E-state index in [9.17, 15) is 13.2 Å². The molecule has 1 aromatic carbocycles. The van der Waals surface area contributed by atoms with Gasteiger partial charge in [-0.25, -0.2) is 8.42 Å². The molecule has 0 aliphatic carbocycles. The predicted molar refractivity (Wildman–Crippen MR) is 95.4 cm³/mol. The monoisotopic (exact) mass is 360 g/mol. The lowest BCUT2D eigenvalue weighted by atomic mass is 10.2. The first-order valence-electron chi connectivity index (χ1n) is 7.67. The summed E-state index contributed by atoms with van der Waals surface area (Å²) in [5.74, 6) is -0.391. The number of aryl methyl sites for hydroxylation is 1. The van der Waals surface area contributed by atoms with E-state index in [0.29, 0.717) is 17.4 Å². The molecule has 25 heavy (non-hydrogen) atoms. The maximum atomic E-state index is 12.9. The number of nitriles is 1. The first kappa shape index (κ1) is 18.7. The number of nitrogens with zero attached hydrogens (tertiary/aromatic N) is 2. The number of fused-ring (bicyclic) bond motifs is 1. The third kappa shape index (κ3) is 4.07. The highest BCUT2D eigenvalue weighted by Gasteiger charge is 2.26. The van der Waals surface area contributed by atoms with Crippen LogP contribution in [0.3, 0.4) is 0 Å². The number of hydrogen-bond donors (Lipinski definition) is 2. The summed E-state index contributed by atoms with van der Waals surface area (Å²) in [5.41, 5.74) is 1.40. The number of aromatic nitrogens is 1. The summed E-state index contributed by atoms with van der Waals surface area (Å²) >= 11 is 0. The van der Waals surface area contributed by atoms with E-state index >= 15 is 0 Å². The number of hydrogen-bond acceptors (Lipinski definition) is 4. The van der Waals surface area contributed by atoms with Crippen molar-refractivity contribution in [2.45, 2.75) is 18.7 Å². The number of sulfonamides is 1. The minimum atomic E-state index is -3.89. The lowest BCUT2D eigenvalue weighted by Crippen LogP contribution is -2.38. The van der Waals surface area contributed by atoms with Crippen LogP contribution in [-0.2, 0) is 14.8 Å². The number of aromatic amines is 1. The molecule has 0 radical (unpaired) electrons. The lowest BCUT2D eigenvalue weighted by Gasteiger charge is -2.17. The number of H-pyrrole nitrogens is 1. The van der Waals surface area contributed by atoms with Crippen LogP contribution in [0, 0.1) is 18.3 Å². The molecule has 1 amide bonds. The number of nitrogens with one attached hydrogen (secondary N) is 2. The minimum Gasteiger partial charge on any atom is -0.351 e. The Kier molecular flexibility index (Phi) is 5.62. The summed E-state index contributed by atoms with van der Waals surface area (Å²) in [5, 5.41) is 12.3. The van der Waals surface area contributed by atoms with Crippen LogP contribution in [0.1, 0.15) is 18.2 Å². The van der Waals surface area contributed by atoms with Gasteiger partial charge in [0.25, 0.3) is 0 Å². The zero-order valence-corrected chi connectivity index (χ0v) is 15.1. The molecule has 2 aromatic rings. The van der Waals surface area contributed by atoms with Gasteiger partial charge in [-0.05, 0) is 37.6 Å². The highest BCUT2D eigenvalue weighted by molar-refractivity contribution is 7.89. The Morgan fingerprint density at radius 1 is 1.40 bits per heavy atom. The van der Waals surface area contributed by atoms with E-state index in [1.165, 1.54) is 13.1 Å². The SMILES string of the molecule is C/C=C/CNC(=O)CN(C)S(=O)(=O)c1cc(C)cc2cc(C#N)[nH]c12. The second kappa shape index (κ2) is 7.51. The van der Waals surface area contributed by atoms with Crippen LogP contribution < -0.4 is 5.32 Å². The van der Waals surface area contributed by atoms with Crippen molar-refractivity contribution in [1.82, 2.24) is 14.6 Å². The molecule has 0 aliphatic rings. The second-order valence-electron chi connectivity index (χ2n) is 5.66. The van der Waals surface area contributed by atoms with Gasteiger partial charge in [0.2, 0.25) is 15.9 Å². The van der Waals surface area contributed by atoms with Crippen LogP contribution >= 0.6 is 0 Å². The van der Waals surface area contributed by atoms with E-state index in [-0.39, 0.29) is 17.1 Å². The van der Waals surface area contributed by atoms with E-state index < -0.39 is 15.9 Å². The molecular formula is C17H20N4O3S. The summed E-state index contributed by atoms with van der Waals surface area (Å²) in [7, 11) is -2.54. The number of carbonyl (C=O) groups excluding carboxylic acids is 1. The van der Waals surface area contributed by atoms with E-state index in [0.717, 1.165) is 9.87 Å². The summed E-state index contributed by atoms with van der Waals surface area (Å²) in [6.45, 7) is 3.67. The van der Waals surface area contributed by atoms with Crippen molar-refractivity contribution >= 4 is 26.8 Å². The molecule has 2 N–H and O–H groups in total. The summed E-state index contributed by atoms with van der Waals surface area (Å²) < 4.78 is 26.8. The van der Waals surface area contributed by atoms with Crippen molar-refractivity contribution in [3.05, 3.63) is 41.6 Å². The maximum Gasteiger partial charge on any atom is 0.245 e. The first-order chi connectivity index (χ1) is 11.8. The predicted octanol–water partition coefficient (Wildman–Crippen LogP) is 1.66. The summed E-state index contributed by atoms with van der Waals surface area (Å²) in [6.07, 6.45) is 3.56. The van der Waals surface area contributed by atoms with Gasteiger partial charge in [-0.15, -0.1) is 0 Å². The van der Waals surface area contributed by atoms with Crippen LogP contribution in [0.15, 0.2) is 35.2 Å². The zero-order valence-electron chi connectivity index (χ0n) is 14.3. The van der Waals surface area contributed by atoms with Gasteiger partial charge in [0.15, 0.2) is 0 Å². The average molecular weight is 360 g/mol. The van der Waals surface area contributed by atoms with Crippen LogP contribution in [0.4, 0.5) is 0 Å². The number of carbonyl (C=O) groups is 1. The third-order valence-corrected chi connectivity index (χ3v) is 5.49. The quantitative estimate of drug-likeness (QED) is 0.764. The van der Waals surface area contributed by atoms with Crippen molar-refractivity contribution in [1.29, 1.82) is 5.26 Å². The fourth-order valence-electron chi connectivity index (χ4n) is 2.42. The first-order valence-corrected chi connectivity index (χ1v) is 9.11. The molecule has 0 fully saturated rings. The maximum absolute atomic E-state index is 12.9. The standard InChI is InChI=1S/C17H20N4O3S/c1-4-5-6-19-16(22)11-21(3)25(23,24)15-8-12(2)7-13-9-14(10-18)20-17(13)15/h4-5,7-9,20H,6,11H2,1-3H3,(H,19,22)/b5-4+. The highest BCUT2D eigenvalue weighted by atomic mass is 32.2. The largest absolute Gasteiger partial charge is 0.351 e. The molecule has 0 atom stereocenters. The van der Waals surface area contributed by atoms with Gasteiger partial charge >= 0.3 is 0 Å². The number of allylic oxidation sites excluding steroid dienone is 1. The van der Waals surface area contributed by atoms with Crippen molar-refractivity contribution in [3.63, 3.8) is 0 Å². The van der Waals surface area contributed by atoms with Crippen molar-refractivity contribution in [3.8, 4) is 6.07 Å². The molecule has 0 saturated carbocycles. The molecule has 0 aliphatic heterocycles. The lowest BCUT2D eigenvalue weighted by molar-refractivity contribution is -0.120. The van der Waals surface area contributed by atoms with Gasteiger partial charge in [-0.3, -0.25) is 4.79 Å². The highest BCUT2D eigenvalue weighted by Crippen LogP contribution is 2.27. The fraction of sp³-hybridized carbons (Fsp3) is 0.294. The topological polar surface area (TPSA) is 106 Å².